The predicted molar refractivity (Wildman–Crippen MR) is 59.5 cm³/mol. The third-order valence-electron chi connectivity index (χ3n) is 2.88. The molecule has 1 heterocycles. The summed E-state index contributed by atoms with van der Waals surface area (Å²) in [5, 5.41) is 0. The van der Waals surface area contributed by atoms with Crippen LogP contribution in [0.25, 0.3) is 0 Å². The Kier molecular flexibility index (Phi) is 2.57. The van der Waals surface area contributed by atoms with Gasteiger partial charge in [0.1, 0.15) is 0 Å². The highest BCUT2D eigenvalue weighted by Gasteiger charge is 2.39. The number of ether oxygens (including phenoxy) is 2. The van der Waals surface area contributed by atoms with E-state index in [4.69, 9.17) is 9.47 Å². The Balaban J connectivity index is 2.27. The molecule has 82 valence electrons. The number of benzene rings is 1. The summed E-state index contributed by atoms with van der Waals surface area (Å²) in [4.78, 5) is 0. The van der Waals surface area contributed by atoms with Crippen molar-refractivity contribution >= 4 is 0 Å². The van der Waals surface area contributed by atoms with Gasteiger partial charge < -0.3 is 9.47 Å². The van der Waals surface area contributed by atoms with Gasteiger partial charge in [0, 0.05) is 6.42 Å². The van der Waals surface area contributed by atoms with Crippen LogP contribution in [-0.4, -0.2) is 12.4 Å². The molecule has 0 bridgehead atoms. The number of hydrogen-bond acceptors (Lipinski definition) is 2. The summed E-state index contributed by atoms with van der Waals surface area (Å²) in [7, 11) is 0. The molecule has 0 aromatic heterocycles. The quantitative estimate of drug-likeness (QED) is 0.703. The van der Waals surface area contributed by atoms with Crippen molar-refractivity contribution < 1.29 is 9.47 Å². The zero-order chi connectivity index (χ0) is 10.9. The maximum atomic E-state index is 6.03. The van der Waals surface area contributed by atoms with E-state index in [0.29, 0.717) is 0 Å². The molecule has 1 aliphatic heterocycles. The van der Waals surface area contributed by atoms with E-state index in [2.05, 4.69) is 19.1 Å². The van der Waals surface area contributed by atoms with Crippen molar-refractivity contribution in [3.05, 3.63) is 35.9 Å². The molecule has 2 rings (SSSR count). The molecule has 0 radical (unpaired) electrons. The molecule has 1 aromatic carbocycles. The lowest BCUT2D eigenvalue weighted by molar-refractivity contribution is -0.310. The third-order valence-corrected chi connectivity index (χ3v) is 2.88. The number of rotatable bonds is 1. The molecule has 0 spiro atoms. The Morgan fingerprint density at radius 3 is 2.33 bits per heavy atom. The van der Waals surface area contributed by atoms with Gasteiger partial charge in [-0.25, -0.2) is 0 Å². The van der Waals surface area contributed by atoms with E-state index in [0.717, 1.165) is 13.0 Å². The van der Waals surface area contributed by atoms with Crippen molar-refractivity contribution in [1.29, 1.82) is 0 Å². The van der Waals surface area contributed by atoms with Gasteiger partial charge in [0.2, 0.25) is 0 Å². The average Bonchev–Trinajstić information content (AvgIpc) is 2.17. The van der Waals surface area contributed by atoms with E-state index in [-0.39, 0.29) is 5.60 Å². The Bertz CT molecular complexity index is 332. The van der Waals surface area contributed by atoms with Gasteiger partial charge in [-0.3, -0.25) is 0 Å². The topological polar surface area (TPSA) is 18.5 Å². The van der Waals surface area contributed by atoms with Crippen molar-refractivity contribution in [3.63, 3.8) is 0 Å². The van der Waals surface area contributed by atoms with Gasteiger partial charge >= 0.3 is 0 Å². The van der Waals surface area contributed by atoms with Crippen LogP contribution in [0.5, 0.6) is 0 Å². The standard InChI is InChI=1S/C13H18O2/c1-12(2)14-10-9-13(3,15-12)11-7-5-4-6-8-11/h4-8H,9-10H2,1-3H3. The summed E-state index contributed by atoms with van der Waals surface area (Å²) in [6.07, 6.45) is 0.903. The molecule has 0 N–H and O–H groups in total. The Morgan fingerprint density at radius 2 is 1.73 bits per heavy atom. The first-order chi connectivity index (χ1) is 7.02. The summed E-state index contributed by atoms with van der Waals surface area (Å²) in [5.74, 6) is -0.483. The molecule has 0 aliphatic carbocycles. The molecular weight excluding hydrogens is 188 g/mol. The maximum Gasteiger partial charge on any atom is 0.163 e. The lowest BCUT2D eigenvalue weighted by Crippen LogP contribution is -2.45. The summed E-state index contributed by atoms with van der Waals surface area (Å²) < 4.78 is 11.6. The van der Waals surface area contributed by atoms with Crippen LogP contribution in [-0.2, 0) is 15.1 Å². The average molecular weight is 206 g/mol. The smallest absolute Gasteiger partial charge is 0.163 e. The zero-order valence-corrected chi connectivity index (χ0v) is 9.62. The molecule has 1 aromatic rings. The van der Waals surface area contributed by atoms with Crippen LogP contribution in [0.2, 0.25) is 0 Å². The number of hydrogen-bond donors (Lipinski definition) is 0. The van der Waals surface area contributed by atoms with Gasteiger partial charge in [-0.2, -0.15) is 0 Å². The molecule has 0 amide bonds. The summed E-state index contributed by atoms with van der Waals surface area (Å²) in [6, 6.07) is 10.3. The first kappa shape index (κ1) is 10.7. The van der Waals surface area contributed by atoms with Crippen molar-refractivity contribution in [2.75, 3.05) is 6.61 Å². The molecule has 15 heavy (non-hydrogen) atoms. The van der Waals surface area contributed by atoms with Crippen LogP contribution in [0.15, 0.2) is 30.3 Å². The first-order valence-corrected chi connectivity index (χ1v) is 5.42. The molecular formula is C13H18O2. The minimum Gasteiger partial charge on any atom is -0.350 e. The lowest BCUT2D eigenvalue weighted by Gasteiger charge is -2.43. The second-order valence-corrected chi connectivity index (χ2v) is 4.70. The maximum absolute atomic E-state index is 6.03. The largest absolute Gasteiger partial charge is 0.350 e. The molecule has 1 fully saturated rings. The van der Waals surface area contributed by atoms with E-state index in [1.165, 1.54) is 5.56 Å². The highest BCUT2D eigenvalue weighted by atomic mass is 16.7. The molecule has 1 aliphatic rings. The van der Waals surface area contributed by atoms with E-state index in [1.807, 2.05) is 32.0 Å². The van der Waals surface area contributed by atoms with Crippen molar-refractivity contribution in [2.45, 2.75) is 38.6 Å². The van der Waals surface area contributed by atoms with Crippen molar-refractivity contribution in [2.24, 2.45) is 0 Å². The van der Waals surface area contributed by atoms with Crippen LogP contribution < -0.4 is 0 Å². The van der Waals surface area contributed by atoms with E-state index >= 15 is 0 Å². The van der Waals surface area contributed by atoms with Crippen LogP contribution in [0.3, 0.4) is 0 Å². The summed E-state index contributed by atoms with van der Waals surface area (Å²) in [6.45, 7) is 6.81. The second-order valence-electron chi connectivity index (χ2n) is 4.70. The Hall–Kier alpha value is -0.860. The van der Waals surface area contributed by atoms with Gasteiger partial charge in [0.25, 0.3) is 0 Å². The fourth-order valence-corrected chi connectivity index (χ4v) is 2.11. The van der Waals surface area contributed by atoms with E-state index < -0.39 is 5.79 Å². The van der Waals surface area contributed by atoms with Crippen LogP contribution in [0, 0.1) is 0 Å². The van der Waals surface area contributed by atoms with Crippen LogP contribution >= 0.6 is 0 Å². The fraction of sp³-hybridized carbons (Fsp3) is 0.538. The second kappa shape index (κ2) is 3.62. The highest BCUT2D eigenvalue weighted by Crippen LogP contribution is 2.37. The van der Waals surface area contributed by atoms with Crippen molar-refractivity contribution in [3.8, 4) is 0 Å². The van der Waals surface area contributed by atoms with E-state index in [1.54, 1.807) is 0 Å². The minimum atomic E-state index is -0.483. The molecule has 1 unspecified atom stereocenters. The van der Waals surface area contributed by atoms with Gasteiger partial charge in [-0.05, 0) is 26.3 Å². The Morgan fingerprint density at radius 1 is 1.07 bits per heavy atom. The molecule has 2 heteroatoms. The van der Waals surface area contributed by atoms with Gasteiger partial charge in [0.05, 0.1) is 12.2 Å². The van der Waals surface area contributed by atoms with E-state index in [9.17, 15) is 0 Å². The van der Waals surface area contributed by atoms with Gasteiger partial charge in [-0.1, -0.05) is 30.3 Å². The van der Waals surface area contributed by atoms with Gasteiger partial charge in [-0.15, -0.1) is 0 Å². The summed E-state index contributed by atoms with van der Waals surface area (Å²) >= 11 is 0. The lowest BCUT2D eigenvalue weighted by atomic mass is 9.91. The molecule has 1 saturated heterocycles. The Labute approximate surface area is 91.2 Å². The highest BCUT2D eigenvalue weighted by molar-refractivity contribution is 5.22. The zero-order valence-electron chi connectivity index (χ0n) is 9.62. The summed E-state index contributed by atoms with van der Waals surface area (Å²) in [5.41, 5.74) is 1.00. The first-order valence-electron chi connectivity index (χ1n) is 5.42. The minimum absolute atomic E-state index is 0.219. The monoisotopic (exact) mass is 206 g/mol. The van der Waals surface area contributed by atoms with Crippen LogP contribution in [0.4, 0.5) is 0 Å². The predicted octanol–water partition coefficient (Wildman–Crippen LogP) is 3.07. The SMILES string of the molecule is CC1(C)OCCC(C)(c2ccccc2)O1. The molecule has 0 saturated carbocycles. The fourth-order valence-electron chi connectivity index (χ4n) is 2.11. The molecule has 1 atom stereocenters. The molecule has 2 nitrogen and oxygen atoms in total. The van der Waals surface area contributed by atoms with Crippen molar-refractivity contribution in [1.82, 2.24) is 0 Å². The van der Waals surface area contributed by atoms with Crippen LogP contribution in [0.1, 0.15) is 32.8 Å². The third kappa shape index (κ3) is 2.21. The van der Waals surface area contributed by atoms with Gasteiger partial charge in [0.15, 0.2) is 5.79 Å². The normalized spacial score (nSPS) is 30.1.